The molecular weight excluding hydrogens is 461 g/mol. The van der Waals surface area contributed by atoms with Gasteiger partial charge in [0.1, 0.15) is 21.3 Å². The Kier molecular flexibility index (Phi) is 6.87. The third kappa shape index (κ3) is 5.48. The number of hydrogen-bond acceptors (Lipinski definition) is 7. The van der Waals surface area contributed by atoms with E-state index in [0.717, 1.165) is 17.4 Å². The standard InChI is InChI=1S/C23H26FN5O4S/c1-11-12(2)28-29(7)21(31)17(11)20-25-13(3)18(34-20)19(30)26-14-8-9-15(24)16(10-14)27-22(32)33-23(4,5)6/h8-10H,1-7H3,(H,26,30)(H,27,32). The van der Waals surface area contributed by atoms with Crippen LogP contribution in [0.25, 0.3) is 10.6 Å². The summed E-state index contributed by atoms with van der Waals surface area (Å²) in [7, 11) is 1.56. The number of aromatic nitrogens is 3. The fourth-order valence-corrected chi connectivity index (χ4v) is 4.17. The molecule has 3 aromatic rings. The number of hydrogen-bond donors (Lipinski definition) is 2. The molecule has 0 unspecified atom stereocenters. The quantitative estimate of drug-likeness (QED) is 0.557. The first-order chi connectivity index (χ1) is 15.8. The number of benzene rings is 1. The molecule has 0 aliphatic heterocycles. The van der Waals surface area contributed by atoms with E-state index in [-0.39, 0.29) is 16.9 Å². The van der Waals surface area contributed by atoms with Crippen LogP contribution in [0.15, 0.2) is 23.0 Å². The van der Waals surface area contributed by atoms with Gasteiger partial charge in [0.15, 0.2) is 0 Å². The van der Waals surface area contributed by atoms with E-state index < -0.39 is 23.4 Å². The van der Waals surface area contributed by atoms with Gasteiger partial charge in [-0.2, -0.15) is 5.10 Å². The predicted molar refractivity (Wildman–Crippen MR) is 129 cm³/mol. The van der Waals surface area contributed by atoms with Crippen molar-refractivity contribution in [3.63, 3.8) is 0 Å². The number of thiazole rings is 1. The molecule has 0 saturated heterocycles. The summed E-state index contributed by atoms with van der Waals surface area (Å²) in [6.07, 6.45) is -0.817. The second kappa shape index (κ2) is 9.34. The monoisotopic (exact) mass is 487 g/mol. The molecule has 0 radical (unpaired) electrons. The summed E-state index contributed by atoms with van der Waals surface area (Å²) in [4.78, 5) is 42.3. The summed E-state index contributed by atoms with van der Waals surface area (Å²) in [5, 5.41) is 9.60. The van der Waals surface area contributed by atoms with Crippen LogP contribution in [0.1, 0.15) is 47.4 Å². The largest absolute Gasteiger partial charge is 0.444 e. The maximum absolute atomic E-state index is 14.2. The van der Waals surface area contributed by atoms with Crippen LogP contribution in [0.3, 0.4) is 0 Å². The highest BCUT2D eigenvalue weighted by molar-refractivity contribution is 7.17. The highest BCUT2D eigenvalue weighted by Crippen LogP contribution is 2.29. The van der Waals surface area contributed by atoms with Crippen molar-refractivity contribution in [2.24, 2.45) is 7.05 Å². The van der Waals surface area contributed by atoms with Crippen LogP contribution in [-0.4, -0.2) is 32.4 Å². The molecule has 0 saturated carbocycles. The molecule has 3 rings (SSSR count). The lowest BCUT2D eigenvalue weighted by atomic mass is 10.1. The SMILES string of the molecule is Cc1nc(-c2c(C)c(C)nn(C)c2=O)sc1C(=O)Nc1ccc(F)c(NC(=O)OC(C)(C)C)c1. The van der Waals surface area contributed by atoms with Gasteiger partial charge in [0.05, 0.1) is 22.6 Å². The van der Waals surface area contributed by atoms with Gasteiger partial charge in [-0.25, -0.2) is 18.9 Å². The van der Waals surface area contributed by atoms with Crippen LogP contribution < -0.4 is 16.2 Å². The Labute approximate surface area is 200 Å². The van der Waals surface area contributed by atoms with Gasteiger partial charge in [-0.3, -0.25) is 14.9 Å². The average molecular weight is 488 g/mol. The Morgan fingerprint density at radius 2 is 1.79 bits per heavy atom. The minimum atomic E-state index is -0.817. The zero-order valence-corrected chi connectivity index (χ0v) is 20.8. The van der Waals surface area contributed by atoms with E-state index in [0.29, 0.717) is 32.4 Å². The van der Waals surface area contributed by atoms with Gasteiger partial charge in [0.25, 0.3) is 11.5 Å². The van der Waals surface area contributed by atoms with E-state index in [1.807, 2.05) is 0 Å². The number of carbonyl (C=O) groups excluding carboxylic acids is 2. The van der Waals surface area contributed by atoms with E-state index in [2.05, 4.69) is 20.7 Å². The van der Waals surface area contributed by atoms with Crippen molar-refractivity contribution in [2.75, 3.05) is 10.6 Å². The van der Waals surface area contributed by atoms with Crippen molar-refractivity contribution in [2.45, 2.75) is 47.1 Å². The van der Waals surface area contributed by atoms with Crippen molar-refractivity contribution in [1.82, 2.24) is 14.8 Å². The zero-order chi connectivity index (χ0) is 25.4. The predicted octanol–water partition coefficient (Wildman–Crippen LogP) is 4.57. The highest BCUT2D eigenvalue weighted by atomic mass is 32.1. The lowest BCUT2D eigenvalue weighted by Crippen LogP contribution is -2.27. The van der Waals surface area contributed by atoms with Crippen LogP contribution in [0.5, 0.6) is 0 Å². The third-order valence-electron chi connectivity index (χ3n) is 4.80. The van der Waals surface area contributed by atoms with Gasteiger partial charge in [-0.15, -0.1) is 11.3 Å². The molecular formula is C23H26FN5O4S. The molecule has 0 aliphatic rings. The minimum absolute atomic E-state index is 0.139. The Hall–Kier alpha value is -3.60. The number of carbonyl (C=O) groups is 2. The number of anilines is 2. The van der Waals surface area contributed by atoms with E-state index in [4.69, 9.17) is 4.74 Å². The fourth-order valence-electron chi connectivity index (χ4n) is 3.11. The molecule has 0 spiro atoms. The summed E-state index contributed by atoms with van der Waals surface area (Å²) in [6.45, 7) is 10.3. The first-order valence-electron chi connectivity index (χ1n) is 10.4. The molecule has 0 fully saturated rings. The summed E-state index contributed by atoms with van der Waals surface area (Å²) in [5.74, 6) is -1.16. The first kappa shape index (κ1) is 25.0. The van der Waals surface area contributed by atoms with Gasteiger partial charge in [0.2, 0.25) is 0 Å². The summed E-state index contributed by atoms with van der Waals surface area (Å²) >= 11 is 1.08. The molecule has 11 heteroatoms. The Bertz CT molecular complexity index is 1340. The molecule has 2 amide bonds. The lowest BCUT2D eigenvalue weighted by Gasteiger charge is -2.20. The molecule has 1 aromatic carbocycles. The summed E-state index contributed by atoms with van der Waals surface area (Å²) in [5.41, 5.74) is 1.29. The lowest BCUT2D eigenvalue weighted by molar-refractivity contribution is 0.0635. The molecule has 2 aromatic heterocycles. The molecule has 2 N–H and O–H groups in total. The van der Waals surface area contributed by atoms with Crippen LogP contribution in [0.4, 0.5) is 20.6 Å². The topological polar surface area (TPSA) is 115 Å². The first-order valence-corrected chi connectivity index (χ1v) is 11.2. The van der Waals surface area contributed by atoms with Crippen molar-refractivity contribution in [1.29, 1.82) is 0 Å². The zero-order valence-electron chi connectivity index (χ0n) is 20.0. The number of halogens is 1. The van der Waals surface area contributed by atoms with Gasteiger partial charge in [0, 0.05) is 12.7 Å². The number of nitrogens with one attached hydrogen (secondary N) is 2. The molecule has 0 aliphatic carbocycles. The van der Waals surface area contributed by atoms with E-state index in [1.165, 1.54) is 16.8 Å². The Balaban J connectivity index is 1.86. The normalized spacial score (nSPS) is 11.3. The molecule has 9 nitrogen and oxygen atoms in total. The van der Waals surface area contributed by atoms with Crippen molar-refractivity contribution < 1.29 is 18.7 Å². The Morgan fingerprint density at radius 3 is 2.44 bits per heavy atom. The van der Waals surface area contributed by atoms with Crippen molar-refractivity contribution >= 4 is 34.7 Å². The molecule has 180 valence electrons. The molecule has 0 bridgehead atoms. The number of ether oxygens (including phenoxy) is 1. The van der Waals surface area contributed by atoms with Gasteiger partial charge in [-0.1, -0.05) is 0 Å². The second-order valence-electron chi connectivity index (χ2n) is 8.72. The number of aryl methyl sites for hydroxylation is 3. The summed E-state index contributed by atoms with van der Waals surface area (Å²) < 4.78 is 20.6. The molecule has 34 heavy (non-hydrogen) atoms. The number of nitrogens with zero attached hydrogens (tertiary/aromatic N) is 3. The van der Waals surface area contributed by atoms with Gasteiger partial charge in [-0.05, 0) is 65.3 Å². The molecule has 0 atom stereocenters. The maximum atomic E-state index is 14.2. The minimum Gasteiger partial charge on any atom is -0.444 e. The maximum Gasteiger partial charge on any atom is 0.412 e. The summed E-state index contributed by atoms with van der Waals surface area (Å²) in [6, 6.07) is 3.79. The van der Waals surface area contributed by atoms with Gasteiger partial charge < -0.3 is 10.1 Å². The van der Waals surface area contributed by atoms with Crippen molar-refractivity contribution in [3.05, 3.63) is 56.2 Å². The van der Waals surface area contributed by atoms with Gasteiger partial charge >= 0.3 is 6.09 Å². The fraction of sp³-hybridized carbons (Fsp3) is 0.348. The van der Waals surface area contributed by atoms with Crippen molar-refractivity contribution in [3.8, 4) is 10.6 Å². The van der Waals surface area contributed by atoms with Crippen LogP contribution in [0, 0.1) is 26.6 Å². The van der Waals surface area contributed by atoms with Crippen LogP contribution in [-0.2, 0) is 11.8 Å². The van der Waals surface area contributed by atoms with E-state index in [9.17, 15) is 18.8 Å². The van der Waals surface area contributed by atoms with Crippen LogP contribution >= 0.6 is 11.3 Å². The van der Waals surface area contributed by atoms with E-state index in [1.54, 1.807) is 48.6 Å². The number of rotatable bonds is 4. The molecule has 2 heterocycles. The second-order valence-corrected chi connectivity index (χ2v) is 9.72. The van der Waals surface area contributed by atoms with Crippen LogP contribution in [0.2, 0.25) is 0 Å². The highest BCUT2D eigenvalue weighted by Gasteiger charge is 2.22. The smallest absolute Gasteiger partial charge is 0.412 e. The third-order valence-corrected chi connectivity index (χ3v) is 5.98. The Morgan fingerprint density at radius 1 is 1.12 bits per heavy atom. The van der Waals surface area contributed by atoms with E-state index >= 15 is 0 Å². The number of amides is 2. The average Bonchev–Trinajstić information content (AvgIpc) is 3.09.